The van der Waals surface area contributed by atoms with E-state index in [1.165, 1.54) is 6.07 Å². The van der Waals surface area contributed by atoms with Gasteiger partial charge in [0.2, 0.25) is 10.9 Å². The first kappa shape index (κ1) is 58.9. The molecule has 0 saturated heterocycles. The van der Waals surface area contributed by atoms with Crippen molar-refractivity contribution in [1.29, 1.82) is 0 Å². The minimum absolute atomic E-state index is 0.0294. The Balaban J connectivity index is 0.000000313. The van der Waals surface area contributed by atoms with E-state index in [0.29, 0.717) is 35.1 Å². The number of carbonyl (C=O) groups excluding carboxylic acids is 2. The maximum atomic E-state index is 14.6. The average molecular weight is 1130 g/mol. The largest absolute Gasteiger partial charge is 0.462 e. The first-order valence-corrected chi connectivity index (χ1v) is 31.4. The standard InChI is InChI=1S/C31H41ClFNO4Si.C24H36INO4Si/c1-10-37-29(36)23-18-34(26(30(2,3)4)19-38-39(8,9)31(5,6)7)25-15-14-20(17-22(25)28(23)35)16-21-12-11-13-24(32)27(21)33;1-10-29-22(28)18-14-26(19-12-11-16(25)13-17(19)21(18)27)20(23(2,3)4)15-30-31(8,9)24(5,6)7/h11-15,17-18,26H,10,16,19H2,1-9H3;11-14,20H,10,15H2,1-9H3/t26-;20-/m11/s1. The SMILES string of the molecule is CCOC(=O)c1cn([C@H](CO[Si](C)(C)C(C)(C)C)C(C)(C)C)c2ccc(Cc3cccc(Cl)c3F)cc2c1=O.CCOC(=O)c1cn([C@H](CO[Si](C)(C)C(C)(C)C)C(C)(C)C)c2ccc(I)cc2c1=O. The third kappa shape index (κ3) is 13.9. The van der Waals surface area contributed by atoms with Crippen molar-refractivity contribution >= 4 is 84.6 Å². The smallest absolute Gasteiger partial charge is 0.343 e. The lowest BCUT2D eigenvalue weighted by Crippen LogP contribution is -2.43. The number of rotatable bonds is 14. The zero-order valence-electron chi connectivity index (χ0n) is 44.8. The second-order valence-corrected chi connectivity index (χ2v) is 34.6. The number of esters is 2. The van der Waals surface area contributed by atoms with Crippen LogP contribution in [-0.2, 0) is 24.7 Å². The summed E-state index contributed by atoms with van der Waals surface area (Å²) in [6.07, 6.45) is 3.53. The molecule has 0 fully saturated rings. The van der Waals surface area contributed by atoms with Gasteiger partial charge in [-0.15, -0.1) is 0 Å². The number of fused-ring (bicyclic) bond motifs is 2. The van der Waals surface area contributed by atoms with Gasteiger partial charge in [-0.3, -0.25) is 9.59 Å². The van der Waals surface area contributed by atoms with Crippen LogP contribution >= 0.6 is 34.2 Å². The lowest BCUT2D eigenvalue weighted by Gasteiger charge is -2.40. The summed E-state index contributed by atoms with van der Waals surface area (Å²) in [6.45, 7) is 39.8. The highest BCUT2D eigenvalue weighted by atomic mass is 127. The van der Waals surface area contributed by atoms with Crippen LogP contribution in [0.15, 0.2) is 76.6 Å². The summed E-state index contributed by atoms with van der Waals surface area (Å²) in [7, 11) is -4.06. The van der Waals surface area contributed by atoms with Crippen molar-refractivity contribution in [3.8, 4) is 0 Å². The first-order chi connectivity index (χ1) is 32.1. The van der Waals surface area contributed by atoms with Crippen LogP contribution in [0, 0.1) is 20.2 Å². The van der Waals surface area contributed by atoms with E-state index >= 15 is 0 Å². The van der Waals surface area contributed by atoms with Gasteiger partial charge in [0.15, 0.2) is 16.6 Å². The van der Waals surface area contributed by atoms with Crippen molar-refractivity contribution < 1.29 is 32.3 Å². The second kappa shape index (κ2) is 22.6. The highest BCUT2D eigenvalue weighted by molar-refractivity contribution is 14.1. The number of benzene rings is 3. The van der Waals surface area contributed by atoms with Crippen LogP contribution in [0.4, 0.5) is 4.39 Å². The summed E-state index contributed by atoms with van der Waals surface area (Å²) in [5.41, 5.74) is 1.55. The minimum Gasteiger partial charge on any atom is -0.462 e. The summed E-state index contributed by atoms with van der Waals surface area (Å²) >= 11 is 8.17. The summed E-state index contributed by atoms with van der Waals surface area (Å²) in [4.78, 5) is 52.3. The Labute approximate surface area is 436 Å². The number of hydrogen-bond acceptors (Lipinski definition) is 8. The van der Waals surface area contributed by atoms with Gasteiger partial charge >= 0.3 is 11.9 Å². The van der Waals surface area contributed by atoms with Crippen molar-refractivity contribution in [1.82, 2.24) is 9.13 Å². The molecule has 0 aliphatic rings. The van der Waals surface area contributed by atoms with Crippen LogP contribution in [0.25, 0.3) is 21.8 Å². The fraction of sp³-hybridized carbons (Fsp3) is 0.527. The van der Waals surface area contributed by atoms with Gasteiger partial charge in [0.25, 0.3) is 0 Å². The number of carbonyl (C=O) groups is 2. The number of halogens is 3. The lowest BCUT2D eigenvalue weighted by atomic mass is 9.86. The number of aromatic nitrogens is 2. The van der Waals surface area contributed by atoms with E-state index in [1.807, 2.05) is 39.5 Å². The Morgan fingerprint density at radius 3 is 1.47 bits per heavy atom. The molecule has 10 nitrogen and oxygen atoms in total. The van der Waals surface area contributed by atoms with Crippen LogP contribution < -0.4 is 10.9 Å². The zero-order valence-corrected chi connectivity index (χ0v) is 49.7. The molecule has 0 amide bonds. The third-order valence-corrected chi connectivity index (χ3v) is 24.0. The molecule has 2 aromatic heterocycles. The van der Waals surface area contributed by atoms with Gasteiger partial charge < -0.3 is 27.5 Å². The maximum Gasteiger partial charge on any atom is 0.343 e. The Morgan fingerprint density at radius 2 is 1.07 bits per heavy atom. The summed E-state index contributed by atoms with van der Waals surface area (Å²) < 4.78 is 43.3. The van der Waals surface area contributed by atoms with E-state index in [1.54, 1.807) is 44.4 Å². The van der Waals surface area contributed by atoms with E-state index in [9.17, 15) is 23.6 Å². The summed E-state index contributed by atoms with van der Waals surface area (Å²) in [5.74, 6) is -1.73. The van der Waals surface area contributed by atoms with Crippen LogP contribution in [0.2, 0.25) is 41.3 Å². The molecule has 0 spiro atoms. The van der Waals surface area contributed by atoms with Gasteiger partial charge in [-0.1, -0.05) is 113 Å². The summed E-state index contributed by atoms with van der Waals surface area (Å²) in [6, 6.07) is 15.9. The number of nitrogens with zero attached hydrogens (tertiary/aromatic N) is 2. The molecule has 384 valence electrons. The van der Waals surface area contributed by atoms with E-state index in [4.69, 9.17) is 29.9 Å². The molecular weight excluding hydrogens is 1050 g/mol. The number of hydrogen-bond donors (Lipinski definition) is 0. The molecule has 0 radical (unpaired) electrons. The Hall–Kier alpha value is -3.68. The number of pyridine rings is 2. The normalized spacial score (nSPS) is 13.7. The first-order valence-electron chi connectivity index (χ1n) is 24.1. The molecule has 5 rings (SSSR count). The van der Waals surface area contributed by atoms with Crippen LogP contribution in [0.5, 0.6) is 0 Å². The number of ether oxygens (including phenoxy) is 2. The molecule has 2 heterocycles. The van der Waals surface area contributed by atoms with Crippen molar-refractivity contribution in [3.05, 3.63) is 124 Å². The molecule has 0 unspecified atom stereocenters. The molecule has 70 heavy (non-hydrogen) atoms. The van der Waals surface area contributed by atoms with Gasteiger partial charge in [0.05, 0.1) is 54.6 Å². The van der Waals surface area contributed by atoms with Gasteiger partial charge in [0.1, 0.15) is 16.9 Å². The van der Waals surface area contributed by atoms with Crippen molar-refractivity contribution in [2.45, 2.75) is 152 Å². The van der Waals surface area contributed by atoms with E-state index < -0.39 is 39.8 Å². The van der Waals surface area contributed by atoms with E-state index in [0.717, 1.165) is 14.7 Å². The molecule has 0 saturated carbocycles. The van der Waals surface area contributed by atoms with Gasteiger partial charge in [-0.05, 0) is 131 Å². The van der Waals surface area contributed by atoms with Crippen LogP contribution in [0.3, 0.4) is 0 Å². The fourth-order valence-electron chi connectivity index (χ4n) is 7.47. The second-order valence-electron chi connectivity index (χ2n) is 23.3. The zero-order chi connectivity index (χ0) is 53.1. The highest BCUT2D eigenvalue weighted by Crippen LogP contribution is 2.42. The van der Waals surface area contributed by atoms with Crippen LogP contribution in [0.1, 0.15) is 141 Å². The van der Waals surface area contributed by atoms with Crippen molar-refractivity contribution in [2.75, 3.05) is 26.4 Å². The Bertz CT molecular complexity index is 2810. The molecule has 15 heteroatoms. The quantitative estimate of drug-likeness (QED) is 0.0613. The lowest BCUT2D eigenvalue weighted by molar-refractivity contribution is 0.0513. The average Bonchev–Trinajstić information content (AvgIpc) is 3.22. The summed E-state index contributed by atoms with van der Waals surface area (Å²) in [5, 5.41) is 1.07. The molecule has 0 N–H and O–H groups in total. The Kier molecular flexibility index (Phi) is 19.0. The molecular formula is C55H77ClFIN2O8Si2. The predicted octanol–water partition coefficient (Wildman–Crippen LogP) is 14.6. The molecule has 0 aliphatic heterocycles. The fourth-order valence-corrected chi connectivity index (χ4v) is 10.2. The van der Waals surface area contributed by atoms with Crippen molar-refractivity contribution in [2.24, 2.45) is 10.8 Å². The predicted molar refractivity (Wildman–Crippen MR) is 299 cm³/mol. The van der Waals surface area contributed by atoms with Gasteiger partial charge in [-0.2, -0.15) is 0 Å². The topological polar surface area (TPSA) is 115 Å². The van der Waals surface area contributed by atoms with Crippen LogP contribution in [-0.4, -0.2) is 64.1 Å². The molecule has 0 bridgehead atoms. The molecule has 3 aromatic carbocycles. The monoisotopic (exact) mass is 1130 g/mol. The Morgan fingerprint density at radius 1 is 0.657 bits per heavy atom. The van der Waals surface area contributed by atoms with E-state index in [2.05, 4.69) is 132 Å². The van der Waals surface area contributed by atoms with Gasteiger partial charge in [-0.25, -0.2) is 14.0 Å². The minimum atomic E-state index is -2.08. The third-order valence-electron chi connectivity index (χ3n) is 14.0. The molecule has 0 aliphatic carbocycles. The van der Waals surface area contributed by atoms with E-state index in [-0.39, 0.29) is 74.2 Å². The van der Waals surface area contributed by atoms with Crippen molar-refractivity contribution in [3.63, 3.8) is 0 Å². The molecule has 5 aromatic rings. The highest BCUT2D eigenvalue weighted by Gasteiger charge is 2.41. The van der Waals surface area contributed by atoms with Gasteiger partial charge in [0, 0.05) is 33.2 Å². The maximum absolute atomic E-state index is 14.6. The molecule has 2 atom stereocenters.